The summed E-state index contributed by atoms with van der Waals surface area (Å²) < 4.78 is 0. The van der Waals surface area contributed by atoms with Crippen molar-refractivity contribution in [2.24, 2.45) is 0 Å². The molecule has 0 saturated heterocycles. The first kappa shape index (κ1) is 9.26. The van der Waals surface area contributed by atoms with Gasteiger partial charge < -0.3 is 4.90 Å². The quantitative estimate of drug-likeness (QED) is 0.668. The number of likely N-dealkylation sites (N-methyl/N-ethyl adjacent to an activating group) is 1. The summed E-state index contributed by atoms with van der Waals surface area (Å²) in [5.41, 5.74) is 1.10. The first-order valence-corrected chi connectivity index (χ1v) is 4.86. The van der Waals surface area contributed by atoms with E-state index in [9.17, 15) is 0 Å². The summed E-state index contributed by atoms with van der Waals surface area (Å²) in [6.07, 6.45) is 4.17. The van der Waals surface area contributed by atoms with E-state index in [0.29, 0.717) is 0 Å². The van der Waals surface area contributed by atoms with E-state index in [4.69, 9.17) is 0 Å². The number of hydrogen-bond acceptors (Lipinski definition) is 3. The maximum Gasteiger partial charge on any atom is 0.185 e. The predicted octanol–water partition coefficient (Wildman–Crippen LogP) is 2.46. The fourth-order valence-electron chi connectivity index (χ4n) is 0.858. The molecule has 0 N–H and O–H groups in total. The Balaban J connectivity index is 2.58. The van der Waals surface area contributed by atoms with E-state index in [2.05, 4.69) is 34.5 Å². The molecule has 0 fully saturated rings. The van der Waals surface area contributed by atoms with Gasteiger partial charge in [0.05, 0.1) is 5.69 Å². The number of hydrogen-bond donors (Lipinski definition) is 0. The lowest BCUT2D eigenvalue weighted by Crippen LogP contribution is -2.16. The highest BCUT2D eigenvalue weighted by atomic mass is 32.1. The molecule has 0 aliphatic heterocycles. The van der Waals surface area contributed by atoms with E-state index in [1.165, 1.54) is 0 Å². The minimum atomic E-state index is 0.934. The van der Waals surface area contributed by atoms with E-state index in [1.807, 2.05) is 13.8 Å². The van der Waals surface area contributed by atoms with Crippen molar-refractivity contribution in [3.05, 3.63) is 23.2 Å². The second kappa shape index (κ2) is 4.26. The highest BCUT2D eigenvalue weighted by molar-refractivity contribution is 7.13. The molecule has 1 aromatic rings. The van der Waals surface area contributed by atoms with Crippen LogP contribution in [0, 0.1) is 6.92 Å². The molecule has 1 heterocycles. The van der Waals surface area contributed by atoms with Gasteiger partial charge in [-0.1, -0.05) is 12.2 Å². The third kappa shape index (κ3) is 2.34. The zero-order valence-electron chi connectivity index (χ0n) is 7.74. The first-order valence-electron chi connectivity index (χ1n) is 3.98. The first-order chi connectivity index (χ1) is 5.74. The van der Waals surface area contributed by atoms with E-state index in [1.54, 1.807) is 11.3 Å². The van der Waals surface area contributed by atoms with Crippen molar-refractivity contribution in [3.8, 4) is 0 Å². The van der Waals surface area contributed by atoms with Gasteiger partial charge in [0.15, 0.2) is 5.13 Å². The average molecular weight is 182 g/mol. The van der Waals surface area contributed by atoms with Crippen LogP contribution in [-0.4, -0.2) is 18.6 Å². The lowest BCUT2D eigenvalue weighted by atomic mass is 10.5. The Morgan fingerprint density at radius 1 is 1.67 bits per heavy atom. The van der Waals surface area contributed by atoms with Gasteiger partial charge in [0.25, 0.3) is 0 Å². The minimum absolute atomic E-state index is 0.934. The fraction of sp³-hybridized carbons (Fsp3) is 0.444. The maximum absolute atomic E-state index is 4.37. The molecule has 0 aromatic carbocycles. The van der Waals surface area contributed by atoms with E-state index in [-0.39, 0.29) is 0 Å². The van der Waals surface area contributed by atoms with E-state index < -0.39 is 0 Å². The molecule has 12 heavy (non-hydrogen) atoms. The summed E-state index contributed by atoms with van der Waals surface area (Å²) >= 11 is 1.69. The lowest BCUT2D eigenvalue weighted by Gasteiger charge is -2.11. The number of nitrogens with zero attached hydrogens (tertiary/aromatic N) is 2. The number of rotatable bonds is 3. The van der Waals surface area contributed by atoms with Gasteiger partial charge in [-0.05, 0) is 13.8 Å². The number of allylic oxidation sites excluding steroid dienone is 1. The number of aryl methyl sites for hydroxylation is 1. The molecule has 0 aliphatic carbocycles. The van der Waals surface area contributed by atoms with Gasteiger partial charge in [-0.2, -0.15) is 0 Å². The third-order valence-corrected chi connectivity index (χ3v) is 2.62. The molecule has 0 bridgehead atoms. The number of thiazole rings is 1. The van der Waals surface area contributed by atoms with Gasteiger partial charge in [0.1, 0.15) is 0 Å². The molecule has 0 aliphatic rings. The normalized spacial score (nSPS) is 10.9. The van der Waals surface area contributed by atoms with Gasteiger partial charge in [-0.3, -0.25) is 0 Å². The van der Waals surface area contributed by atoms with Crippen LogP contribution in [0.1, 0.15) is 12.6 Å². The monoisotopic (exact) mass is 182 g/mol. The van der Waals surface area contributed by atoms with Gasteiger partial charge in [0, 0.05) is 19.0 Å². The van der Waals surface area contributed by atoms with Crippen LogP contribution in [0.15, 0.2) is 17.5 Å². The molecule has 0 unspecified atom stereocenters. The van der Waals surface area contributed by atoms with Crippen molar-refractivity contribution >= 4 is 16.5 Å². The Kier molecular flexibility index (Phi) is 3.29. The van der Waals surface area contributed by atoms with Crippen molar-refractivity contribution in [2.45, 2.75) is 13.8 Å². The summed E-state index contributed by atoms with van der Waals surface area (Å²) in [6, 6.07) is 0. The molecular weight excluding hydrogens is 168 g/mol. The van der Waals surface area contributed by atoms with Crippen LogP contribution in [0.4, 0.5) is 5.13 Å². The van der Waals surface area contributed by atoms with Gasteiger partial charge in [-0.25, -0.2) is 4.98 Å². The topological polar surface area (TPSA) is 16.1 Å². The molecule has 66 valence electrons. The Morgan fingerprint density at radius 2 is 2.42 bits per heavy atom. The third-order valence-electron chi connectivity index (χ3n) is 1.55. The average Bonchev–Trinajstić information content (AvgIpc) is 2.47. The highest BCUT2D eigenvalue weighted by Gasteiger charge is 2.01. The van der Waals surface area contributed by atoms with E-state index in [0.717, 1.165) is 17.4 Å². The molecule has 1 aromatic heterocycles. The SMILES string of the molecule is C/C=C/CN(C)c1nc(C)cs1. The Bertz CT molecular complexity index is 265. The fourth-order valence-corrected chi connectivity index (χ4v) is 1.64. The number of anilines is 1. The van der Waals surface area contributed by atoms with Gasteiger partial charge in [0.2, 0.25) is 0 Å². The van der Waals surface area contributed by atoms with Crippen molar-refractivity contribution in [1.29, 1.82) is 0 Å². The standard InChI is InChI=1S/C9H14N2S/c1-4-5-6-11(3)9-10-8(2)7-12-9/h4-5,7H,6H2,1-3H3/b5-4+. The summed E-state index contributed by atoms with van der Waals surface area (Å²) in [7, 11) is 2.05. The smallest absolute Gasteiger partial charge is 0.185 e. The van der Waals surface area contributed by atoms with Crippen molar-refractivity contribution in [3.63, 3.8) is 0 Å². The zero-order chi connectivity index (χ0) is 8.97. The summed E-state index contributed by atoms with van der Waals surface area (Å²) in [5.74, 6) is 0. The van der Waals surface area contributed by atoms with Crippen molar-refractivity contribution < 1.29 is 0 Å². The summed E-state index contributed by atoms with van der Waals surface area (Å²) in [6.45, 7) is 4.98. The molecule has 0 atom stereocenters. The second-order valence-electron chi connectivity index (χ2n) is 2.72. The van der Waals surface area contributed by atoms with Crippen LogP contribution in [0.25, 0.3) is 0 Å². The molecule has 0 radical (unpaired) electrons. The summed E-state index contributed by atoms with van der Waals surface area (Å²) in [5, 5.41) is 3.16. The lowest BCUT2D eigenvalue weighted by molar-refractivity contribution is 1.01. The zero-order valence-corrected chi connectivity index (χ0v) is 8.56. The van der Waals surface area contributed by atoms with Crippen LogP contribution in [0.3, 0.4) is 0 Å². The molecule has 2 nitrogen and oxygen atoms in total. The second-order valence-corrected chi connectivity index (χ2v) is 3.56. The van der Waals surface area contributed by atoms with Gasteiger partial charge in [-0.15, -0.1) is 11.3 Å². The maximum atomic E-state index is 4.37. The van der Waals surface area contributed by atoms with Crippen LogP contribution in [0.2, 0.25) is 0 Å². The molecule has 0 saturated carbocycles. The van der Waals surface area contributed by atoms with Crippen LogP contribution in [-0.2, 0) is 0 Å². The molecule has 0 spiro atoms. The van der Waals surface area contributed by atoms with Crippen molar-refractivity contribution in [2.75, 3.05) is 18.5 Å². The molecule has 0 amide bonds. The highest BCUT2D eigenvalue weighted by Crippen LogP contribution is 2.17. The van der Waals surface area contributed by atoms with Gasteiger partial charge >= 0.3 is 0 Å². The minimum Gasteiger partial charge on any atom is -0.347 e. The van der Waals surface area contributed by atoms with E-state index >= 15 is 0 Å². The Morgan fingerprint density at radius 3 is 2.92 bits per heavy atom. The predicted molar refractivity (Wildman–Crippen MR) is 54.9 cm³/mol. The molecular formula is C9H14N2S. The summed E-state index contributed by atoms with van der Waals surface area (Å²) in [4.78, 5) is 6.51. The molecule has 1 rings (SSSR count). The largest absolute Gasteiger partial charge is 0.347 e. The van der Waals surface area contributed by atoms with Crippen LogP contribution >= 0.6 is 11.3 Å². The van der Waals surface area contributed by atoms with Crippen LogP contribution < -0.4 is 4.90 Å². The Labute approximate surface area is 77.6 Å². The van der Waals surface area contributed by atoms with Crippen LogP contribution in [0.5, 0.6) is 0 Å². The Hall–Kier alpha value is -0.830. The van der Waals surface area contributed by atoms with Crippen molar-refractivity contribution in [1.82, 2.24) is 4.98 Å². The number of aromatic nitrogens is 1. The molecule has 3 heteroatoms.